The van der Waals surface area contributed by atoms with Crippen molar-refractivity contribution in [3.05, 3.63) is 23.9 Å². The predicted octanol–water partition coefficient (Wildman–Crippen LogP) is 0.970. The topological polar surface area (TPSA) is 107 Å². The summed E-state index contributed by atoms with van der Waals surface area (Å²) >= 11 is 0. The lowest BCUT2D eigenvalue weighted by molar-refractivity contribution is -0.161. The highest BCUT2D eigenvalue weighted by Gasteiger charge is 2.58. The number of hydrogen-bond donors (Lipinski definition) is 2. The number of aliphatic carboxylic acids is 1. The monoisotopic (exact) mass is 364 g/mol. The van der Waals surface area contributed by atoms with E-state index >= 15 is 0 Å². The summed E-state index contributed by atoms with van der Waals surface area (Å²) in [5.41, 5.74) is 0.709. The zero-order valence-electron chi connectivity index (χ0n) is 14.9. The van der Waals surface area contributed by atoms with Crippen molar-refractivity contribution in [1.29, 1.82) is 0 Å². The second-order valence-electron chi connectivity index (χ2n) is 7.22. The Balaban J connectivity index is 1.81. The Kier molecular flexibility index (Phi) is 4.79. The van der Waals surface area contributed by atoms with Crippen LogP contribution >= 0.6 is 0 Å². The zero-order valence-corrected chi connectivity index (χ0v) is 14.9. The standard InChI is InChI=1S/C18H24N2O6/c1-4-5-26-18(25)19-8-11(6-9(19)2)12-7-13-14(10(3)21)16(22)20(13)15(12)17(23)24/h4,9-11,13-14,21H,1,5-8H2,2-3H3,(H,23,24)/t9-,10-,11?,13-,14-/m1/s1. The van der Waals surface area contributed by atoms with Crippen LogP contribution in [0.4, 0.5) is 4.79 Å². The lowest BCUT2D eigenvalue weighted by atomic mass is 9.81. The van der Waals surface area contributed by atoms with Crippen LogP contribution in [0, 0.1) is 11.8 Å². The van der Waals surface area contributed by atoms with Crippen molar-refractivity contribution < 1.29 is 29.3 Å². The van der Waals surface area contributed by atoms with Crippen LogP contribution in [0.3, 0.4) is 0 Å². The van der Waals surface area contributed by atoms with Gasteiger partial charge in [-0.25, -0.2) is 9.59 Å². The number of carbonyl (C=O) groups excluding carboxylic acids is 2. The van der Waals surface area contributed by atoms with Crippen molar-refractivity contribution in [2.45, 2.75) is 44.9 Å². The molecule has 2 fully saturated rings. The molecule has 8 heteroatoms. The van der Waals surface area contributed by atoms with E-state index in [2.05, 4.69) is 6.58 Å². The minimum atomic E-state index is -1.14. The van der Waals surface area contributed by atoms with Crippen LogP contribution in [0.15, 0.2) is 23.9 Å². The average molecular weight is 364 g/mol. The summed E-state index contributed by atoms with van der Waals surface area (Å²) < 4.78 is 5.09. The Morgan fingerprint density at radius 1 is 1.46 bits per heavy atom. The van der Waals surface area contributed by atoms with E-state index < -0.39 is 24.1 Å². The lowest BCUT2D eigenvalue weighted by Gasteiger charge is -2.44. The van der Waals surface area contributed by atoms with Gasteiger partial charge in [0.05, 0.1) is 18.1 Å². The van der Waals surface area contributed by atoms with Crippen LogP contribution < -0.4 is 0 Å². The van der Waals surface area contributed by atoms with Gasteiger partial charge in [0.15, 0.2) is 0 Å². The van der Waals surface area contributed by atoms with E-state index in [0.29, 0.717) is 25.0 Å². The van der Waals surface area contributed by atoms with Crippen molar-refractivity contribution in [2.75, 3.05) is 13.2 Å². The van der Waals surface area contributed by atoms with Crippen LogP contribution in [-0.4, -0.2) is 69.3 Å². The second-order valence-corrected chi connectivity index (χ2v) is 7.22. The molecule has 0 aliphatic carbocycles. The number of hydrogen-bond acceptors (Lipinski definition) is 5. The highest BCUT2D eigenvalue weighted by Crippen LogP contribution is 2.47. The third-order valence-corrected chi connectivity index (χ3v) is 5.59. The largest absolute Gasteiger partial charge is 0.477 e. The van der Waals surface area contributed by atoms with Gasteiger partial charge in [-0.2, -0.15) is 0 Å². The fraction of sp³-hybridized carbons (Fsp3) is 0.611. The van der Waals surface area contributed by atoms with Crippen molar-refractivity contribution in [1.82, 2.24) is 9.80 Å². The van der Waals surface area contributed by atoms with Gasteiger partial charge in [0, 0.05) is 18.5 Å². The molecule has 26 heavy (non-hydrogen) atoms. The van der Waals surface area contributed by atoms with Gasteiger partial charge in [-0.05, 0) is 32.3 Å². The van der Waals surface area contributed by atoms with E-state index in [1.165, 1.54) is 11.0 Å². The molecule has 0 aromatic carbocycles. The quantitative estimate of drug-likeness (QED) is 0.556. The number of likely N-dealkylation sites (tertiary alicyclic amines) is 1. The van der Waals surface area contributed by atoms with Crippen molar-refractivity contribution in [2.24, 2.45) is 11.8 Å². The minimum Gasteiger partial charge on any atom is -0.477 e. The maximum atomic E-state index is 12.3. The highest BCUT2D eigenvalue weighted by molar-refractivity contribution is 5.99. The van der Waals surface area contributed by atoms with Crippen LogP contribution in [0.5, 0.6) is 0 Å². The van der Waals surface area contributed by atoms with E-state index in [1.807, 2.05) is 6.92 Å². The van der Waals surface area contributed by atoms with E-state index in [4.69, 9.17) is 4.74 Å². The number of fused-ring (bicyclic) bond motifs is 1. The molecule has 3 rings (SSSR count). The first-order chi connectivity index (χ1) is 12.3. The molecule has 5 atom stereocenters. The Hall–Kier alpha value is -2.35. The Bertz CT molecular complexity index is 685. The van der Waals surface area contributed by atoms with Gasteiger partial charge < -0.3 is 24.7 Å². The number of ether oxygens (including phenoxy) is 1. The van der Waals surface area contributed by atoms with Gasteiger partial charge in [-0.15, -0.1) is 0 Å². The summed E-state index contributed by atoms with van der Waals surface area (Å²) in [5, 5.41) is 19.4. The molecule has 2 amide bonds. The van der Waals surface area contributed by atoms with E-state index in [-0.39, 0.29) is 36.2 Å². The first-order valence-electron chi connectivity index (χ1n) is 8.79. The number of aliphatic hydroxyl groups excluding tert-OH is 1. The Morgan fingerprint density at radius 3 is 2.73 bits per heavy atom. The average Bonchev–Trinajstić information content (AvgIpc) is 3.10. The van der Waals surface area contributed by atoms with Crippen LogP contribution in [0.25, 0.3) is 0 Å². The lowest BCUT2D eigenvalue weighted by Crippen LogP contribution is -2.61. The first kappa shape index (κ1) is 18.4. The van der Waals surface area contributed by atoms with E-state index in [0.717, 1.165) is 0 Å². The fourth-order valence-corrected chi connectivity index (χ4v) is 4.42. The van der Waals surface area contributed by atoms with Crippen LogP contribution in [0.1, 0.15) is 26.7 Å². The number of rotatable bonds is 5. The fourth-order valence-electron chi connectivity index (χ4n) is 4.42. The SMILES string of the molecule is C=CCOC(=O)N1CC(C2=C(C(=O)O)N3C(=O)[C@H]([C@@H](C)O)[C@H]3C2)C[C@H]1C. The Morgan fingerprint density at radius 2 is 2.15 bits per heavy atom. The number of nitrogens with zero attached hydrogens (tertiary/aromatic N) is 2. The number of carboxylic acids is 1. The molecule has 8 nitrogen and oxygen atoms in total. The molecule has 0 saturated carbocycles. The number of carbonyl (C=O) groups is 3. The first-order valence-corrected chi connectivity index (χ1v) is 8.79. The molecule has 2 N–H and O–H groups in total. The number of aliphatic hydroxyl groups is 1. The van der Waals surface area contributed by atoms with Gasteiger partial charge in [0.25, 0.3) is 0 Å². The van der Waals surface area contributed by atoms with Crippen molar-refractivity contribution >= 4 is 18.0 Å². The zero-order chi connectivity index (χ0) is 19.2. The molecule has 0 aromatic heterocycles. The second kappa shape index (κ2) is 6.75. The van der Waals surface area contributed by atoms with Gasteiger partial charge >= 0.3 is 12.1 Å². The molecule has 142 valence electrons. The molecule has 3 aliphatic rings. The number of carboxylic acid groups (broad SMARTS) is 1. The molecule has 2 saturated heterocycles. The summed E-state index contributed by atoms with van der Waals surface area (Å²) in [4.78, 5) is 39.1. The Labute approximate surface area is 151 Å². The molecule has 0 radical (unpaired) electrons. The highest BCUT2D eigenvalue weighted by atomic mass is 16.6. The molecule has 0 aromatic rings. The summed E-state index contributed by atoms with van der Waals surface area (Å²) in [6.45, 7) is 7.43. The van der Waals surface area contributed by atoms with Gasteiger partial charge in [-0.1, -0.05) is 12.7 Å². The van der Waals surface area contributed by atoms with E-state index in [1.54, 1.807) is 11.8 Å². The normalized spacial score (nSPS) is 31.6. The summed E-state index contributed by atoms with van der Waals surface area (Å²) in [6.07, 6.45) is 1.27. The van der Waals surface area contributed by atoms with Gasteiger partial charge in [0.1, 0.15) is 12.3 Å². The van der Waals surface area contributed by atoms with Gasteiger partial charge in [0.2, 0.25) is 5.91 Å². The number of amides is 2. The predicted molar refractivity (Wildman–Crippen MR) is 90.9 cm³/mol. The minimum absolute atomic E-state index is 0.0235. The van der Waals surface area contributed by atoms with Crippen LogP contribution in [-0.2, 0) is 14.3 Å². The van der Waals surface area contributed by atoms with Crippen molar-refractivity contribution in [3.8, 4) is 0 Å². The molecule has 0 bridgehead atoms. The summed E-state index contributed by atoms with van der Waals surface area (Å²) in [7, 11) is 0. The molecule has 3 aliphatic heterocycles. The third-order valence-electron chi connectivity index (χ3n) is 5.59. The molecule has 0 spiro atoms. The summed E-state index contributed by atoms with van der Waals surface area (Å²) in [5.74, 6) is -2.18. The third kappa shape index (κ3) is 2.78. The van der Waals surface area contributed by atoms with E-state index in [9.17, 15) is 24.6 Å². The molecule has 3 heterocycles. The maximum Gasteiger partial charge on any atom is 0.410 e. The smallest absolute Gasteiger partial charge is 0.410 e. The van der Waals surface area contributed by atoms with Gasteiger partial charge in [-0.3, -0.25) is 4.79 Å². The van der Waals surface area contributed by atoms with Crippen LogP contribution in [0.2, 0.25) is 0 Å². The molecule has 1 unspecified atom stereocenters. The number of β-lactam (4-membered cyclic amide) rings is 1. The molecular weight excluding hydrogens is 340 g/mol. The summed E-state index contributed by atoms with van der Waals surface area (Å²) in [6, 6.07) is -0.392. The molecular formula is C18H24N2O6. The van der Waals surface area contributed by atoms with Crippen molar-refractivity contribution in [3.63, 3.8) is 0 Å². The maximum absolute atomic E-state index is 12.3.